The van der Waals surface area contributed by atoms with Crippen molar-refractivity contribution >= 4 is 29.1 Å². The van der Waals surface area contributed by atoms with Gasteiger partial charge in [-0.25, -0.2) is 4.90 Å². The van der Waals surface area contributed by atoms with E-state index in [1.807, 2.05) is 19.9 Å². The maximum Gasteiger partial charge on any atom is 0.268 e. The van der Waals surface area contributed by atoms with Crippen LogP contribution in [-0.2, 0) is 0 Å². The second-order valence-electron chi connectivity index (χ2n) is 7.16. The standard InChI is InChI=1S/C24H20N2O4/c1-15(2)30-18-11-6-8-16(14-18)22(27)25-20-13-7-12-19-21(20)24(29)26(23(19)28)17-9-4-3-5-10-17/h3-15H,1-2H3,(H,25,27). The Kier molecular flexibility index (Phi) is 5.06. The number of nitrogens with zero attached hydrogens (tertiary/aromatic N) is 1. The highest BCUT2D eigenvalue weighted by atomic mass is 16.5. The fraction of sp³-hybridized carbons (Fsp3) is 0.125. The highest BCUT2D eigenvalue weighted by molar-refractivity contribution is 6.36. The molecule has 0 unspecified atom stereocenters. The van der Waals surface area contributed by atoms with Crippen LogP contribution < -0.4 is 15.0 Å². The molecule has 0 aromatic heterocycles. The van der Waals surface area contributed by atoms with Crippen molar-refractivity contribution in [3.05, 3.63) is 89.5 Å². The zero-order chi connectivity index (χ0) is 21.3. The van der Waals surface area contributed by atoms with E-state index in [9.17, 15) is 14.4 Å². The van der Waals surface area contributed by atoms with Crippen molar-refractivity contribution in [2.45, 2.75) is 20.0 Å². The first kappa shape index (κ1) is 19.4. The lowest BCUT2D eigenvalue weighted by Crippen LogP contribution is -2.29. The molecule has 1 heterocycles. The van der Waals surface area contributed by atoms with Crippen LogP contribution >= 0.6 is 0 Å². The van der Waals surface area contributed by atoms with Crippen molar-refractivity contribution in [1.29, 1.82) is 0 Å². The molecule has 1 aliphatic rings. The molecule has 150 valence electrons. The molecule has 0 spiro atoms. The first-order chi connectivity index (χ1) is 14.5. The second kappa shape index (κ2) is 7.83. The van der Waals surface area contributed by atoms with Crippen molar-refractivity contribution in [3.63, 3.8) is 0 Å². The van der Waals surface area contributed by atoms with Gasteiger partial charge in [0.1, 0.15) is 5.75 Å². The molecule has 3 aromatic carbocycles. The number of hydrogen-bond donors (Lipinski definition) is 1. The summed E-state index contributed by atoms with van der Waals surface area (Å²) in [4.78, 5) is 39.8. The Morgan fingerprint density at radius 1 is 0.900 bits per heavy atom. The van der Waals surface area contributed by atoms with Crippen LogP contribution in [0, 0.1) is 0 Å². The van der Waals surface area contributed by atoms with Crippen molar-refractivity contribution in [1.82, 2.24) is 0 Å². The zero-order valence-corrected chi connectivity index (χ0v) is 16.6. The Hall–Kier alpha value is -3.93. The van der Waals surface area contributed by atoms with Crippen LogP contribution in [0.5, 0.6) is 5.75 Å². The number of fused-ring (bicyclic) bond motifs is 1. The van der Waals surface area contributed by atoms with Crippen LogP contribution in [0.4, 0.5) is 11.4 Å². The molecule has 4 rings (SSSR count). The van der Waals surface area contributed by atoms with E-state index in [1.54, 1.807) is 66.7 Å². The van der Waals surface area contributed by atoms with Crippen molar-refractivity contribution in [2.24, 2.45) is 0 Å². The molecular weight excluding hydrogens is 380 g/mol. The number of para-hydroxylation sites is 1. The van der Waals surface area contributed by atoms with E-state index in [0.717, 1.165) is 4.90 Å². The van der Waals surface area contributed by atoms with Gasteiger partial charge in [0.2, 0.25) is 0 Å². The molecule has 3 amide bonds. The summed E-state index contributed by atoms with van der Waals surface area (Å²) >= 11 is 0. The maximum absolute atomic E-state index is 13.1. The molecule has 3 aromatic rings. The van der Waals surface area contributed by atoms with Gasteiger partial charge in [0.05, 0.1) is 28.6 Å². The fourth-order valence-electron chi connectivity index (χ4n) is 3.38. The van der Waals surface area contributed by atoms with Gasteiger partial charge < -0.3 is 10.1 Å². The lowest BCUT2D eigenvalue weighted by atomic mass is 10.1. The van der Waals surface area contributed by atoms with Crippen molar-refractivity contribution in [2.75, 3.05) is 10.2 Å². The summed E-state index contributed by atoms with van der Waals surface area (Å²) in [6.07, 6.45) is -0.0201. The molecule has 0 fully saturated rings. The van der Waals surface area contributed by atoms with Gasteiger partial charge in [-0.05, 0) is 56.3 Å². The number of amides is 3. The summed E-state index contributed by atoms with van der Waals surface area (Å²) in [6, 6.07) is 20.4. The Morgan fingerprint density at radius 2 is 1.63 bits per heavy atom. The molecule has 1 N–H and O–H groups in total. The van der Waals surface area contributed by atoms with Gasteiger partial charge in [-0.15, -0.1) is 0 Å². The molecular formula is C24H20N2O4. The summed E-state index contributed by atoms with van der Waals surface area (Å²) in [5.41, 5.74) is 1.62. The smallest absolute Gasteiger partial charge is 0.268 e. The first-order valence-corrected chi connectivity index (χ1v) is 9.60. The number of nitrogens with one attached hydrogen (secondary N) is 1. The monoisotopic (exact) mass is 400 g/mol. The largest absolute Gasteiger partial charge is 0.491 e. The van der Waals surface area contributed by atoms with Gasteiger partial charge in [0.15, 0.2) is 0 Å². The number of anilines is 2. The molecule has 6 heteroatoms. The number of carbonyl (C=O) groups is 3. The summed E-state index contributed by atoms with van der Waals surface area (Å²) in [6.45, 7) is 3.81. The van der Waals surface area contributed by atoms with E-state index in [-0.39, 0.29) is 17.2 Å². The quantitative estimate of drug-likeness (QED) is 0.639. The average Bonchev–Trinajstić information content (AvgIpc) is 2.99. The number of ether oxygens (including phenoxy) is 1. The highest BCUT2D eigenvalue weighted by Crippen LogP contribution is 2.33. The minimum atomic E-state index is -0.464. The lowest BCUT2D eigenvalue weighted by Gasteiger charge is -2.14. The van der Waals surface area contributed by atoms with E-state index in [2.05, 4.69) is 5.32 Å². The maximum atomic E-state index is 13.1. The molecule has 0 bridgehead atoms. The summed E-state index contributed by atoms with van der Waals surface area (Å²) in [5.74, 6) is -0.688. The summed E-state index contributed by atoms with van der Waals surface area (Å²) in [5, 5.41) is 2.77. The number of hydrogen-bond acceptors (Lipinski definition) is 4. The number of imide groups is 1. The lowest BCUT2D eigenvalue weighted by molar-refractivity contribution is 0.0926. The van der Waals surface area contributed by atoms with E-state index in [1.165, 1.54) is 0 Å². The number of rotatable bonds is 5. The SMILES string of the molecule is CC(C)Oc1cccc(C(=O)Nc2cccc3c2C(=O)N(c2ccccc2)C3=O)c1. The second-order valence-corrected chi connectivity index (χ2v) is 7.16. The Balaban J connectivity index is 1.64. The van der Waals surface area contributed by atoms with E-state index < -0.39 is 17.7 Å². The van der Waals surface area contributed by atoms with Gasteiger partial charge in [-0.3, -0.25) is 14.4 Å². The highest BCUT2D eigenvalue weighted by Gasteiger charge is 2.38. The summed E-state index contributed by atoms with van der Waals surface area (Å²) < 4.78 is 5.64. The van der Waals surface area contributed by atoms with Crippen LogP contribution in [0.2, 0.25) is 0 Å². The van der Waals surface area contributed by atoms with Crippen molar-refractivity contribution in [3.8, 4) is 5.75 Å². The summed E-state index contributed by atoms with van der Waals surface area (Å²) in [7, 11) is 0. The van der Waals surface area contributed by atoms with Gasteiger partial charge in [0, 0.05) is 5.56 Å². The van der Waals surface area contributed by atoms with Crippen molar-refractivity contribution < 1.29 is 19.1 Å². The Morgan fingerprint density at radius 3 is 2.37 bits per heavy atom. The third-order valence-corrected chi connectivity index (χ3v) is 4.65. The predicted octanol–water partition coefficient (Wildman–Crippen LogP) is 4.53. The fourth-order valence-corrected chi connectivity index (χ4v) is 3.38. The molecule has 1 aliphatic heterocycles. The van der Waals surface area contributed by atoms with Gasteiger partial charge in [-0.1, -0.05) is 30.3 Å². The third-order valence-electron chi connectivity index (χ3n) is 4.65. The van der Waals surface area contributed by atoms with Crippen LogP contribution in [0.1, 0.15) is 44.9 Å². The minimum Gasteiger partial charge on any atom is -0.491 e. The predicted molar refractivity (Wildman–Crippen MR) is 114 cm³/mol. The van der Waals surface area contributed by atoms with E-state index in [0.29, 0.717) is 22.7 Å². The molecule has 0 saturated carbocycles. The molecule has 0 saturated heterocycles. The van der Waals surface area contributed by atoms with Crippen LogP contribution in [0.15, 0.2) is 72.8 Å². The normalized spacial score (nSPS) is 12.8. The van der Waals surface area contributed by atoms with Crippen LogP contribution in [-0.4, -0.2) is 23.8 Å². The molecule has 0 atom stereocenters. The molecule has 30 heavy (non-hydrogen) atoms. The van der Waals surface area contributed by atoms with E-state index in [4.69, 9.17) is 4.74 Å². The molecule has 6 nitrogen and oxygen atoms in total. The third kappa shape index (κ3) is 3.55. The van der Waals surface area contributed by atoms with Gasteiger partial charge in [0.25, 0.3) is 17.7 Å². The van der Waals surface area contributed by atoms with Gasteiger partial charge in [-0.2, -0.15) is 0 Å². The average molecular weight is 400 g/mol. The molecule has 0 radical (unpaired) electrons. The van der Waals surface area contributed by atoms with Crippen LogP contribution in [0.3, 0.4) is 0 Å². The van der Waals surface area contributed by atoms with Crippen LogP contribution in [0.25, 0.3) is 0 Å². The Bertz CT molecular complexity index is 1140. The van der Waals surface area contributed by atoms with Gasteiger partial charge >= 0.3 is 0 Å². The number of benzene rings is 3. The van der Waals surface area contributed by atoms with E-state index >= 15 is 0 Å². The minimum absolute atomic E-state index is 0.0201. The zero-order valence-electron chi connectivity index (χ0n) is 16.6. The molecule has 0 aliphatic carbocycles. The number of carbonyl (C=O) groups excluding carboxylic acids is 3. The Labute approximate surface area is 174 Å². The first-order valence-electron chi connectivity index (χ1n) is 9.60. The topological polar surface area (TPSA) is 75.7 Å².